The maximum Gasteiger partial charge on any atom is 0.224 e. The van der Waals surface area contributed by atoms with Gasteiger partial charge in [-0.3, -0.25) is 0 Å². The van der Waals surface area contributed by atoms with Crippen LogP contribution in [0.15, 0.2) is 24.3 Å². The van der Waals surface area contributed by atoms with Crippen molar-refractivity contribution in [2.75, 3.05) is 12.4 Å². The highest BCUT2D eigenvalue weighted by molar-refractivity contribution is 6.28. The molecule has 18 heavy (non-hydrogen) atoms. The Balaban J connectivity index is 2.33. The number of methoxy groups -OCH3 is 1. The number of halogens is 1. The molecule has 1 aromatic carbocycles. The lowest BCUT2D eigenvalue weighted by atomic mass is 10.2. The van der Waals surface area contributed by atoms with Gasteiger partial charge in [0.2, 0.25) is 5.28 Å². The second-order valence-electron chi connectivity index (χ2n) is 3.97. The average Bonchev–Trinajstić information content (AvgIpc) is 2.30. The fraction of sp³-hybridized carbons (Fsp3) is 0.231. The normalized spacial score (nSPS) is 10.2. The van der Waals surface area contributed by atoms with Crippen molar-refractivity contribution in [2.45, 2.75) is 13.8 Å². The molecule has 0 fully saturated rings. The van der Waals surface area contributed by atoms with Crippen molar-refractivity contribution < 1.29 is 4.74 Å². The Kier molecular flexibility index (Phi) is 3.67. The minimum atomic E-state index is 0.234. The third-order valence-corrected chi connectivity index (χ3v) is 2.70. The third kappa shape index (κ3) is 2.90. The van der Waals surface area contributed by atoms with Crippen LogP contribution in [0.4, 0.5) is 11.5 Å². The highest BCUT2D eigenvalue weighted by Crippen LogP contribution is 2.25. The molecule has 1 aromatic heterocycles. The Labute approximate surface area is 111 Å². The summed E-state index contributed by atoms with van der Waals surface area (Å²) in [5, 5.41) is 3.45. The van der Waals surface area contributed by atoms with E-state index in [0.717, 1.165) is 22.7 Å². The first-order valence-electron chi connectivity index (χ1n) is 5.51. The molecule has 0 saturated carbocycles. The Bertz CT molecular complexity index is 552. The molecule has 0 aliphatic carbocycles. The smallest absolute Gasteiger partial charge is 0.224 e. The van der Waals surface area contributed by atoms with E-state index in [1.54, 1.807) is 7.11 Å². The van der Waals surface area contributed by atoms with Crippen LogP contribution >= 0.6 is 11.6 Å². The molecular formula is C13H14ClN3O. The monoisotopic (exact) mass is 263 g/mol. The standard InChI is InChI=1S/C13H14ClN3O/c1-8-4-5-10(18-3)7-11(8)16-12-6-9(2)15-13(14)17-12/h4-7H,1-3H3,(H,15,16,17). The molecule has 5 heteroatoms. The molecule has 2 rings (SSSR count). The Morgan fingerprint density at radius 1 is 1.17 bits per heavy atom. The number of aromatic nitrogens is 2. The molecule has 0 unspecified atom stereocenters. The fourth-order valence-electron chi connectivity index (χ4n) is 1.60. The van der Waals surface area contributed by atoms with Crippen LogP contribution in [0.5, 0.6) is 5.75 Å². The molecule has 0 aliphatic rings. The van der Waals surface area contributed by atoms with E-state index in [2.05, 4.69) is 15.3 Å². The van der Waals surface area contributed by atoms with E-state index >= 15 is 0 Å². The van der Waals surface area contributed by atoms with Gasteiger partial charge in [0.25, 0.3) is 0 Å². The number of nitrogens with one attached hydrogen (secondary N) is 1. The maximum absolute atomic E-state index is 5.83. The average molecular weight is 264 g/mol. The molecular weight excluding hydrogens is 250 g/mol. The second-order valence-corrected chi connectivity index (χ2v) is 4.31. The Morgan fingerprint density at radius 2 is 1.94 bits per heavy atom. The van der Waals surface area contributed by atoms with Gasteiger partial charge in [-0.25, -0.2) is 9.97 Å². The molecule has 1 N–H and O–H groups in total. The fourth-order valence-corrected chi connectivity index (χ4v) is 1.82. The van der Waals surface area contributed by atoms with Crippen LogP contribution in [0, 0.1) is 13.8 Å². The lowest BCUT2D eigenvalue weighted by molar-refractivity contribution is 0.415. The van der Waals surface area contributed by atoms with Crippen LogP contribution < -0.4 is 10.1 Å². The number of rotatable bonds is 3. The number of nitrogens with zero attached hydrogens (tertiary/aromatic N) is 2. The lowest BCUT2D eigenvalue weighted by Crippen LogP contribution is -1.98. The molecule has 0 radical (unpaired) electrons. The minimum Gasteiger partial charge on any atom is -0.497 e. The van der Waals surface area contributed by atoms with Crippen LogP contribution in [0.2, 0.25) is 5.28 Å². The number of aryl methyl sites for hydroxylation is 2. The molecule has 0 saturated heterocycles. The molecule has 0 amide bonds. The minimum absolute atomic E-state index is 0.234. The van der Waals surface area contributed by atoms with Crippen molar-refractivity contribution >= 4 is 23.1 Å². The van der Waals surface area contributed by atoms with E-state index in [1.165, 1.54) is 0 Å². The van der Waals surface area contributed by atoms with Crippen molar-refractivity contribution in [1.82, 2.24) is 9.97 Å². The van der Waals surface area contributed by atoms with Gasteiger partial charge in [-0.1, -0.05) is 6.07 Å². The lowest BCUT2D eigenvalue weighted by Gasteiger charge is -2.11. The van der Waals surface area contributed by atoms with Crippen molar-refractivity contribution in [3.05, 3.63) is 40.8 Å². The van der Waals surface area contributed by atoms with Gasteiger partial charge >= 0.3 is 0 Å². The highest BCUT2D eigenvalue weighted by atomic mass is 35.5. The third-order valence-electron chi connectivity index (χ3n) is 2.53. The molecule has 0 atom stereocenters. The Hall–Kier alpha value is -1.81. The van der Waals surface area contributed by atoms with Crippen LogP contribution in [0.25, 0.3) is 0 Å². The van der Waals surface area contributed by atoms with E-state index in [-0.39, 0.29) is 5.28 Å². The van der Waals surface area contributed by atoms with Crippen molar-refractivity contribution in [3.8, 4) is 5.75 Å². The first-order valence-corrected chi connectivity index (χ1v) is 5.89. The summed E-state index contributed by atoms with van der Waals surface area (Å²) in [6.07, 6.45) is 0. The van der Waals surface area contributed by atoms with Gasteiger partial charge in [0.1, 0.15) is 11.6 Å². The van der Waals surface area contributed by atoms with Crippen LogP contribution in [0.3, 0.4) is 0 Å². The van der Waals surface area contributed by atoms with Crippen molar-refractivity contribution in [3.63, 3.8) is 0 Å². The zero-order valence-corrected chi connectivity index (χ0v) is 11.2. The summed E-state index contributed by atoms with van der Waals surface area (Å²) in [4.78, 5) is 8.15. The summed E-state index contributed by atoms with van der Waals surface area (Å²) in [5.41, 5.74) is 2.85. The largest absolute Gasteiger partial charge is 0.497 e. The van der Waals surface area contributed by atoms with Crippen LogP contribution in [-0.4, -0.2) is 17.1 Å². The van der Waals surface area contributed by atoms with E-state index in [1.807, 2.05) is 38.1 Å². The number of ether oxygens (including phenoxy) is 1. The van der Waals surface area contributed by atoms with Gasteiger partial charge in [0.15, 0.2) is 0 Å². The van der Waals surface area contributed by atoms with E-state index in [9.17, 15) is 0 Å². The topological polar surface area (TPSA) is 47.0 Å². The molecule has 0 spiro atoms. The maximum atomic E-state index is 5.83. The van der Waals surface area contributed by atoms with Gasteiger partial charge in [-0.15, -0.1) is 0 Å². The molecule has 0 aliphatic heterocycles. The summed E-state index contributed by atoms with van der Waals surface area (Å²) in [7, 11) is 1.64. The summed E-state index contributed by atoms with van der Waals surface area (Å²) < 4.78 is 5.20. The van der Waals surface area contributed by atoms with Crippen molar-refractivity contribution in [1.29, 1.82) is 0 Å². The molecule has 4 nitrogen and oxygen atoms in total. The number of hydrogen-bond donors (Lipinski definition) is 1. The Morgan fingerprint density at radius 3 is 2.61 bits per heavy atom. The van der Waals surface area contributed by atoms with Gasteiger partial charge in [-0.2, -0.15) is 0 Å². The number of hydrogen-bond acceptors (Lipinski definition) is 4. The summed E-state index contributed by atoms with van der Waals surface area (Å²) in [5.74, 6) is 1.46. The SMILES string of the molecule is COc1ccc(C)c(Nc2cc(C)nc(Cl)n2)c1. The predicted molar refractivity (Wildman–Crippen MR) is 72.8 cm³/mol. The van der Waals surface area contributed by atoms with Gasteiger partial charge in [-0.05, 0) is 37.1 Å². The van der Waals surface area contributed by atoms with Crippen LogP contribution in [0.1, 0.15) is 11.3 Å². The predicted octanol–water partition coefficient (Wildman–Crippen LogP) is 3.50. The number of anilines is 2. The van der Waals surface area contributed by atoms with E-state index in [0.29, 0.717) is 5.82 Å². The molecule has 1 heterocycles. The van der Waals surface area contributed by atoms with E-state index < -0.39 is 0 Å². The highest BCUT2D eigenvalue weighted by Gasteiger charge is 2.04. The van der Waals surface area contributed by atoms with E-state index in [4.69, 9.17) is 16.3 Å². The van der Waals surface area contributed by atoms with Gasteiger partial charge < -0.3 is 10.1 Å². The molecule has 2 aromatic rings. The molecule has 0 bridgehead atoms. The van der Waals surface area contributed by atoms with Crippen LogP contribution in [-0.2, 0) is 0 Å². The van der Waals surface area contributed by atoms with Gasteiger partial charge in [0, 0.05) is 23.5 Å². The number of benzene rings is 1. The van der Waals surface area contributed by atoms with Crippen molar-refractivity contribution in [2.24, 2.45) is 0 Å². The first kappa shape index (κ1) is 12.6. The zero-order valence-electron chi connectivity index (χ0n) is 10.5. The molecule has 94 valence electrons. The summed E-state index contributed by atoms with van der Waals surface area (Å²) in [6, 6.07) is 7.65. The zero-order chi connectivity index (χ0) is 13.1. The first-order chi connectivity index (χ1) is 8.58. The van der Waals surface area contributed by atoms with Gasteiger partial charge in [0.05, 0.1) is 7.11 Å². The summed E-state index contributed by atoms with van der Waals surface area (Å²) >= 11 is 5.83. The second kappa shape index (κ2) is 5.23. The quantitative estimate of drug-likeness (QED) is 0.861. The summed E-state index contributed by atoms with van der Waals surface area (Å²) in [6.45, 7) is 3.88.